The fourth-order valence-corrected chi connectivity index (χ4v) is 2.71. The number of nitrogens with two attached hydrogens (primary N) is 1. The highest BCUT2D eigenvalue weighted by atomic mass is 19.4. The Balaban J connectivity index is 1.86. The van der Waals surface area contributed by atoms with Crippen molar-refractivity contribution in [1.29, 1.82) is 0 Å². The highest BCUT2D eigenvalue weighted by molar-refractivity contribution is 5.74. The molecule has 1 unspecified atom stereocenters. The summed E-state index contributed by atoms with van der Waals surface area (Å²) in [4.78, 5) is 18.8. The van der Waals surface area contributed by atoms with Crippen LogP contribution in [0.4, 0.5) is 30.6 Å². The number of halogens is 3. The molecule has 2 aromatic rings. The van der Waals surface area contributed by atoms with Crippen LogP contribution in [0.1, 0.15) is 30.9 Å². The molecule has 162 valence electrons. The highest BCUT2D eigenvalue weighted by Gasteiger charge is 2.37. The Hall–Kier alpha value is -3.08. The first-order valence-corrected chi connectivity index (χ1v) is 9.39. The van der Waals surface area contributed by atoms with Gasteiger partial charge in [-0.1, -0.05) is 6.07 Å². The van der Waals surface area contributed by atoms with E-state index in [9.17, 15) is 18.0 Å². The van der Waals surface area contributed by atoms with Crippen molar-refractivity contribution in [3.05, 3.63) is 35.5 Å². The van der Waals surface area contributed by atoms with Gasteiger partial charge in [0, 0.05) is 12.2 Å². The van der Waals surface area contributed by atoms with Crippen LogP contribution in [0.15, 0.2) is 24.4 Å². The Kier molecular flexibility index (Phi) is 6.30. The third-order valence-electron chi connectivity index (χ3n) is 4.38. The van der Waals surface area contributed by atoms with E-state index in [1.165, 1.54) is 0 Å². The SMILES string of the molecule is CCOc1cc(CC(N)C(=O)O)ccc1Nc1ncc(C(F)(F)F)c(NC2CC2)n1. The van der Waals surface area contributed by atoms with Crippen LogP contribution in [-0.2, 0) is 17.4 Å². The number of alkyl halides is 3. The maximum Gasteiger partial charge on any atom is 0.421 e. The third-order valence-corrected chi connectivity index (χ3v) is 4.38. The zero-order valence-corrected chi connectivity index (χ0v) is 16.2. The molecular formula is C19H22F3N5O3. The molecule has 1 saturated carbocycles. The Morgan fingerprint density at radius 3 is 2.73 bits per heavy atom. The molecule has 0 spiro atoms. The number of carboxylic acids is 1. The Morgan fingerprint density at radius 2 is 2.13 bits per heavy atom. The average Bonchev–Trinajstić information content (AvgIpc) is 3.47. The van der Waals surface area contributed by atoms with Crippen molar-refractivity contribution < 1.29 is 27.8 Å². The number of benzene rings is 1. The molecule has 0 amide bonds. The predicted octanol–water partition coefficient (Wildman–Crippen LogP) is 3.17. The number of nitrogens with one attached hydrogen (secondary N) is 2. The molecule has 3 rings (SSSR count). The van der Waals surface area contributed by atoms with Crippen LogP contribution in [0.5, 0.6) is 5.75 Å². The van der Waals surface area contributed by atoms with E-state index in [2.05, 4.69) is 20.6 Å². The third kappa shape index (κ3) is 5.50. The van der Waals surface area contributed by atoms with E-state index in [0.29, 0.717) is 23.6 Å². The minimum Gasteiger partial charge on any atom is -0.492 e. The van der Waals surface area contributed by atoms with Gasteiger partial charge in [0.1, 0.15) is 23.2 Å². The van der Waals surface area contributed by atoms with E-state index in [1.807, 2.05) is 0 Å². The van der Waals surface area contributed by atoms with E-state index in [0.717, 1.165) is 19.0 Å². The molecule has 0 aliphatic heterocycles. The van der Waals surface area contributed by atoms with Gasteiger partial charge in [-0.3, -0.25) is 4.79 Å². The number of aromatic nitrogens is 2. The molecule has 0 bridgehead atoms. The molecule has 8 nitrogen and oxygen atoms in total. The smallest absolute Gasteiger partial charge is 0.421 e. The van der Waals surface area contributed by atoms with Crippen molar-refractivity contribution in [1.82, 2.24) is 9.97 Å². The molecule has 0 saturated heterocycles. The zero-order valence-electron chi connectivity index (χ0n) is 16.2. The largest absolute Gasteiger partial charge is 0.492 e. The number of hydrogen-bond acceptors (Lipinski definition) is 7. The van der Waals surface area contributed by atoms with Crippen molar-refractivity contribution in [2.45, 2.75) is 44.4 Å². The minimum absolute atomic E-state index is 0.0226. The van der Waals surface area contributed by atoms with Gasteiger partial charge in [-0.25, -0.2) is 4.98 Å². The summed E-state index contributed by atoms with van der Waals surface area (Å²) in [7, 11) is 0. The second-order valence-corrected chi connectivity index (χ2v) is 6.91. The number of rotatable bonds is 9. The Morgan fingerprint density at radius 1 is 1.40 bits per heavy atom. The molecule has 1 aromatic heterocycles. The number of nitrogens with zero attached hydrogens (tertiary/aromatic N) is 2. The van der Waals surface area contributed by atoms with Crippen LogP contribution in [0.3, 0.4) is 0 Å². The summed E-state index contributed by atoms with van der Waals surface area (Å²) in [5.41, 5.74) is 5.72. The Bertz CT molecular complexity index is 919. The second-order valence-electron chi connectivity index (χ2n) is 6.91. The first-order chi connectivity index (χ1) is 14.2. The number of anilines is 3. The van der Waals surface area contributed by atoms with Crippen molar-refractivity contribution in [2.75, 3.05) is 17.2 Å². The molecule has 1 aromatic carbocycles. The summed E-state index contributed by atoms with van der Waals surface area (Å²) in [6, 6.07) is 3.81. The van der Waals surface area contributed by atoms with E-state index in [4.69, 9.17) is 15.6 Å². The van der Waals surface area contributed by atoms with Crippen molar-refractivity contribution in [2.24, 2.45) is 5.73 Å². The van der Waals surface area contributed by atoms with E-state index < -0.39 is 23.8 Å². The fourth-order valence-electron chi connectivity index (χ4n) is 2.71. The molecule has 1 aliphatic carbocycles. The fraction of sp³-hybridized carbons (Fsp3) is 0.421. The van der Waals surface area contributed by atoms with Gasteiger partial charge in [0.15, 0.2) is 0 Å². The molecule has 5 N–H and O–H groups in total. The summed E-state index contributed by atoms with van der Waals surface area (Å²) < 4.78 is 45.3. The number of ether oxygens (including phenoxy) is 1. The minimum atomic E-state index is -4.57. The normalized spacial score (nSPS) is 14.8. The summed E-state index contributed by atoms with van der Waals surface area (Å²) in [5.74, 6) is -1.04. The first-order valence-electron chi connectivity index (χ1n) is 9.39. The van der Waals surface area contributed by atoms with Crippen LogP contribution in [-0.4, -0.2) is 39.7 Å². The number of hydrogen-bond donors (Lipinski definition) is 4. The van der Waals surface area contributed by atoms with Crippen LogP contribution in [0, 0.1) is 0 Å². The zero-order chi connectivity index (χ0) is 21.9. The number of carbonyl (C=O) groups is 1. The van der Waals surface area contributed by atoms with Gasteiger partial charge < -0.3 is 26.2 Å². The topological polar surface area (TPSA) is 122 Å². The molecule has 1 heterocycles. The maximum atomic E-state index is 13.2. The van der Waals surface area contributed by atoms with Crippen LogP contribution >= 0.6 is 0 Å². The molecule has 30 heavy (non-hydrogen) atoms. The molecule has 1 fully saturated rings. The summed E-state index contributed by atoms with van der Waals surface area (Å²) in [6.45, 7) is 2.09. The monoisotopic (exact) mass is 425 g/mol. The van der Waals surface area contributed by atoms with Gasteiger partial charge in [-0.15, -0.1) is 0 Å². The van der Waals surface area contributed by atoms with E-state index in [-0.39, 0.29) is 24.2 Å². The number of carboxylic acid groups (broad SMARTS) is 1. The Labute approximate surface area is 170 Å². The quantitative estimate of drug-likeness (QED) is 0.483. The van der Waals surface area contributed by atoms with Crippen LogP contribution in [0.2, 0.25) is 0 Å². The maximum absolute atomic E-state index is 13.2. The lowest BCUT2D eigenvalue weighted by molar-refractivity contribution is -0.139. The predicted molar refractivity (Wildman–Crippen MR) is 104 cm³/mol. The van der Waals surface area contributed by atoms with E-state index in [1.54, 1.807) is 25.1 Å². The molecule has 1 atom stereocenters. The highest BCUT2D eigenvalue weighted by Crippen LogP contribution is 2.37. The number of aliphatic carboxylic acids is 1. The average molecular weight is 425 g/mol. The standard InChI is InChI=1S/C19H22F3N5O3/c1-2-30-15-8-10(7-13(23)17(28)29)3-6-14(15)26-18-24-9-12(19(20,21)22)16(27-18)25-11-4-5-11/h3,6,8-9,11,13H,2,4-5,7,23H2,1H3,(H,28,29)(H2,24,25,26,27). The summed E-state index contributed by atoms with van der Waals surface area (Å²) >= 11 is 0. The molecule has 11 heteroatoms. The van der Waals surface area contributed by atoms with E-state index >= 15 is 0 Å². The van der Waals surface area contributed by atoms with Gasteiger partial charge in [0.05, 0.1) is 12.3 Å². The van der Waals surface area contributed by atoms with Gasteiger partial charge >= 0.3 is 12.1 Å². The molecular weight excluding hydrogens is 403 g/mol. The van der Waals surface area contributed by atoms with Crippen molar-refractivity contribution in [3.63, 3.8) is 0 Å². The molecule has 1 aliphatic rings. The van der Waals surface area contributed by atoms with Crippen molar-refractivity contribution in [3.8, 4) is 5.75 Å². The summed E-state index contributed by atoms with van der Waals surface area (Å²) in [5, 5.41) is 14.6. The second kappa shape index (κ2) is 8.74. The van der Waals surface area contributed by atoms with Gasteiger partial charge in [0.2, 0.25) is 5.95 Å². The lowest BCUT2D eigenvalue weighted by Gasteiger charge is -2.16. The first kappa shape index (κ1) is 21.6. The lowest BCUT2D eigenvalue weighted by atomic mass is 10.1. The van der Waals surface area contributed by atoms with Gasteiger partial charge in [-0.05, 0) is 43.9 Å². The summed E-state index contributed by atoms with van der Waals surface area (Å²) in [6.07, 6.45) is -2.16. The van der Waals surface area contributed by atoms with Gasteiger partial charge in [0.25, 0.3) is 0 Å². The van der Waals surface area contributed by atoms with Crippen LogP contribution in [0.25, 0.3) is 0 Å². The van der Waals surface area contributed by atoms with Gasteiger partial charge in [-0.2, -0.15) is 18.2 Å². The van der Waals surface area contributed by atoms with Crippen LogP contribution < -0.4 is 21.1 Å². The molecule has 0 radical (unpaired) electrons. The lowest BCUT2D eigenvalue weighted by Crippen LogP contribution is -2.32. The van der Waals surface area contributed by atoms with Crippen molar-refractivity contribution >= 4 is 23.4 Å².